The number of halogens is 2. The summed E-state index contributed by atoms with van der Waals surface area (Å²) in [6.07, 6.45) is 2.87. The van der Waals surface area contributed by atoms with Gasteiger partial charge in [0.05, 0.1) is 4.90 Å². The van der Waals surface area contributed by atoms with Crippen molar-refractivity contribution in [3.63, 3.8) is 0 Å². The zero-order valence-electron chi connectivity index (χ0n) is 10.1. The van der Waals surface area contributed by atoms with E-state index in [1.165, 1.54) is 18.2 Å². The van der Waals surface area contributed by atoms with Crippen LogP contribution in [0.3, 0.4) is 0 Å². The van der Waals surface area contributed by atoms with Crippen molar-refractivity contribution >= 4 is 33.2 Å². The Morgan fingerprint density at radius 2 is 1.78 bits per heavy atom. The van der Waals surface area contributed by atoms with Crippen LogP contribution in [-0.2, 0) is 10.0 Å². The second-order valence-electron chi connectivity index (χ2n) is 4.57. The van der Waals surface area contributed by atoms with Crippen LogP contribution in [0.15, 0.2) is 23.1 Å². The number of piperidine rings is 1. The number of sulfonamides is 1. The van der Waals surface area contributed by atoms with E-state index in [0.29, 0.717) is 16.6 Å². The van der Waals surface area contributed by atoms with E-state index in [0.717, 1.165) is 19.3 Å². The Bertz CT molecular complexity index is 525. The first-order valence-corrected chi connectivity index (χ1v) is 8.09. The summed E-state index contributed by atoms with van der Waals surface area (Å²) >= 11 is 11.7. The van der Waals surface area contributed by atoms with Gasteiger partial charge in [-0.3, -0.25) is 0 Å². The molecule has 0 radical (unpaired) electrons. The molecular formula is C12H15Cl2NO2S. The maximum absolute atomic E-state index is 12.5. The lowest BCUT2D eigenvalue weighted by Gasteiger charge is -2.32. The van der Waals surface area contributed by atoms with Crippen molar-refractivity contribution in [1.82, 2.24) is 4.31 Å². The quantitative estimate of drug-likeness (QED) is 0.838. The van der Waals surface area contributed by atoms with Gasteiger partial charge in [0.1, 0.15) is 0 Å². The van der Waals surface area contributed by atoms with E-state index < -0.39 is 10.0 Å². The van der Waals surface area contributed by atoms with Gasteiger partial charge >= 0.3 is 0 Å². The fourth-order valence-corrected chi connectivity index (χ4v) is 4.67. The van der Waals surface area contributed by atoms with Crippen LogP contribution in [0.4, 0.5) is 0 Å². The molecule has 6 heteroatoms. The third-order valence-corrected chi connectivity index (χ3v) is 5.61. The van der Waals surface area contributed by atoms with Gasteiger partial charge in [-0.05, 0) is 38.0 Å². The number of nitrogens with zero attached hydrogens (tertiary/aromatic N) is 1. The van der Waals surface area contributed by atoms with Crippen molar-refractivity contribution in [2.24, 2.45) is 0 Å². The van der Waals surface area contributed by atoms with Crippen LogP contribution in [0.2, 0.25) is 10.0 Å². The molecule has 1 aliphatic rings. The van der Waals surface area contributed by atoms with E-state index in [1.807, 2.05) is 6.92 Å². The smallest absolute Gasteiger partial charge is 0.207 e. The molecule has 1 heterocycles. The van der Waals surface area contributed by atoms with Crippen molar-refractivity contribution in [2.45, 2.75) is 37.1 Å². The van der Waals surface area contributed by atoms with Crippen molar-refractivity contribution in [1.29, 1.82) is 0 Å². The Labute approximate surface area is 118 Å². The summed E-state index contributed by atoms with van der Waals surface area (Å²) in [7, 11) is -3.49. The fraction of sp³-hybridized carbons (Fsp3) is 0.500. The Kier molecular flexibility index (Phi) is 4.22. The lowest BCUT2D eigenvalue weighted by Crippen LogP contribution is -2.41. The molecule has 1 aromatic carbocycles. The Balaban J connectivity index is 2.40. The minimum absolute atomic E-state index is 0.0292. The third-order valence-electron chi connectivity index (χ3n) is 3.18. The van der Waals surface area contributed by atoms with Gasteiger partial charge in [-0.15, -0.1) is 0 Å². The Hall–Kier alpha value is -0.290. The molecule has 0 aliphatic carbocycles. The lowest BCUT2D eigenvalue weighted by atomic mass is 10.1. The molecule has 0 spiro atoms. The molecule has 1 unspecified atom stereocenters. The van der Waals surface area contributed by atoms with Gasteiger partial charge in [0.2, 0.25) is 10.0 Å². The summed E-state index contributed by atoms with van der Waals surface area (Å²) in [5.41, 5.74) is 0. The summed E-state index contributed by atoms with van der Waals surface area (Å²) in [4.78, 5) is 0.175. The highest BCUT2D eigenvalue weighted by Gasteiger charge is 2.31. The fourth-order valence-electron chi connectivity index (χ4n) is 2.24. The number of rotatable bonds is 2. The minimum Gasteiger partial charge on any atom is -0.207 e. The average Bonchev–Trinajstić information content (AvgIpc) is 2.28. The van der Waals surface area contributed by atoms with E-state index in [9.17, 15) is 8.42 Å². The van der Waals surface area contributed by atoms with Crippen molar-refractivity contribution < 1.29 is 8.42 Å². The number of hydrogen-bond donors (Lipinski definition) is 0. The van der Waals surface area contributed by atoms with Crippen molar-refractivity contribution in [3.8, 4) is 0 Å². The molecule has 3 nitrogen and oxygen atoms in total. The molecule has 100 valence electrons. The normalized spacial score (nSPS) is 22.1. The van der Waals surface area contributed by atoms with Gasteiger partial charge in [0.25, 0.3) is 0 Å². The maximum atomic E-state index is 12.5. The largest absolute Gasteiger partial charge is 0.243 e. The van der Waals surface area contributed by atoms with Gasteiger partial charge < -0.3 is 0 Å². The molecule has 0 saturated carbocycles. The SMILES string of the molecule is CC1CCCCN1S(=O)(=O)c1cc(Cl)cc(Cl)c1. The Morgan fingerprint density at radius 3 is 2.33 bits per heavy atom. The first-order chi connectivity index (χ1) is 8.41. The second-order valence-corrected chi connectivity index (χ2v) is 7.33. The van der Waals surface area contributed by atoms with Crippen LogP contribution in [0, 0.1) is 0 Å². The zero-order chi connectivity index (χ0) is 13.3. The molecule has 1 aliphatic heterocycles. The van der Waals surface area contributed by atoms with Gasteiger partial charge in [-0.25, -0.2) is 8.42 Å². The molecule has 2 rings (SSSR count). The lowest BCUT2D eigenvalue weighted by molar-refractivity contribution is 0.268. The highest BCUT2D eigenvalue weighted by atomic mass is 35.5. The van der Waals surface area contributed by atoms with Crippen LogP contribution in [0.5, 0.6) is 0 Å². The van der Waals surface area contributed by atoms with E-state index in [4.69, 9.17) is 23.2 Å². The average molecular weight is 308 g/mol. The molecule has 0 aromatic heterocycles. The predicted octanol–water partition coefficient (Wildman–Crippen LogP) is 3.56. The maximum Gasteiger partial charge on any atom is 0.243 e. The predicted molar refractivity (Wildman–Crippen MR) is 73.7 cm³/mol. The number of hydrogen-bond acceptors (Lipinski definition) is 2. The van der Waals surface area contributed by atoms with E-state index in [1.54, 1.807) is 4.31 Å². The highest BCUT2D eigenvalue weighted by molar-refractivity contribution is 7.89. The van der Waals surface area contributed by atoms with Crippen LogP contribution < -0.4 is 0 Å². The van der Waals surface area contributed by atoms with E-state index in [2.05, 4.69) is 0 Å². The molecule has 0 N–H and O–H groups in total. The molecule has 1 atom stereocenters. The summed E-state index contributed by atoms with van der Waals surface area (Å²) in [6.45, 7) is 2.50. The van der Waals surface area contributed by atoms with Gasteiger partial charge in [-0.1, -0.05) is 29.6 Å². The van der Waals surface area contributed by atoms with E-state index in [-0.39, 0.29) is 10.9 Å². The third kappa shape index (κ3) is 2.82. The summed E-state index contributed by atoms with van der Waals surface area (Å²) < 4.78 is 26.6. The molecule has 1 saturated heterocycles. The zero-order valence-corrected chi connectivity index (χ0v) is 12.4. The minimum atomic E-state index is -3.49. The highest BCUT2D eigenvalue weighted by Crippen LogP contribution is 2.28. The summed E-state index contributed by atoms with van der Waals surface area (Å²) in [5.74, 6) is 0. The summed E-state index contributed by atoms with van der Waals surface area (Å²) in [5, 5.41) is 0.677. The topological polar surface area (TPSA) is 37.4 Å². The number of benzene rings is 1. The van der Waals surface area contributed by atoms with Crippen LogP contribution in [0.1, 0.15) is 26.2 Å². The van der Waals surface area contributed by atoms with Crippen LogP contribution in [-0.4, -0.2) is 25.3 Å². The van der Waals surface area contributed by atoms with E-state index >= 15 is 0 Å². The molecule has 1 aromatic rings. The van der Waals surface area contributed by atoms with Gasteiger partial charge in [0.15, 0.2) is 0 Å². The molecule has 1 fully saturated rings. The summed E-state index contributed by atoms with van der Waals surface area (Å²) in [6, 6.07) is 4.46. The van der Waals surface area contributed by atoms with Crippen LogP contribution >= 0.6 is 23.2 Å². The molecule has 0 bridgehead atoms. The second kappa shape index (κ2) is 5.37. The van der Waals surface area contributed by atoms with Gasteiger partial charge in [0, 0.05) is 22.6 Å². The molecule has 18 heavy (non-hydrogen) atoms. The Morgan fingerprint density at radius 1 is 1.17 bits per heavy atom. The molecular weight excluding hydrogens is 293 g/mol. The van der Waals surface area contributed by atoms with Crippen LogP contribution in [0.25, 0.3) is 0 Å². The van der Waals surface area contributed by atoms with Crippen molar-refractivity contribution in [2.75, 3.05) is 6.54 Å². The van der Waals surface area contributed by atoms with Gasteiger partial charge in [-0.2, -0.15) is 4.31 Å². The van der Waals surface area contributed by atoms with Crippen molar-refractivity contribution in [3.05, 3.63) is 28.2 Å². The standard InChI is InChI=1S/C12H15Cl2NO2S/c1-9-4-2-3-5-15(9)18(16,17)12-7-10(13)6-11(14)8-12/h6-9H,2-5H2,1H3. The molecule has 0 amide bonds. The first-order valence-electron chi connectivity index (χ1n) is 5.89. The first kappa shape index (κ1) is 14.1. The monoisotopic (exact) mass is 307 g/mol.